The number of benzene rings is 2. The molecule has 0 bridgehead atoms. The highest BCUT2D eigenvalue weighted by Gasteiger charge is 2.49. The van der Waals surface area contributed by atoms with Gasteiger partial charge in [-0.3, -0.25) is 4.79 Å². The fraction of sp³-hybridized carbons (Fsp3) is 0.238. The Labute approximate surface area is 170 Å². The Morgan fingerprint density at radius 1 is 1.20 bits per heavy atom. The van der Waals surface area contributed by atoms with Crippen LogP contribution in [-0.2, 0) is 16.0 Å². The topological polar surface area (TPSA) is 94.7 Å². The number of H-pyrrole nitrogens is 1. The highest BCUT2D eigenvalue weighted by molar-refractivity contribution is 6.02. The molecule has 3 N–H and O–H groups in total. The van der Waals surface area contributed by atoms with Crippen LogP contribution >= 0.6 is 0 Å². The van der Waals surface area contributed by atoms with Gasteiger partial charge in [-0.15, -0.1) is 0 Å². The summed E-state index contributed by atoms with van der Waals surface area (Å²) in [5.41, 5.74) is 1.85. The van der Waals surface area contributed by atoms with E-state index < -0.39 is 29.4 Å². The number of nitrogens with one attached hydrogen (secondary N) is 2. The smallest absolute Gasteiger partial charge is 0.407 e. The summed E-state index contributed by atoms with van der Waals surface area (Å²) in [5, 5.41) is 13.8. The minimum atomic E-state index is -2.28. The van der Waals surface area contributed by atoms with E-state index in [9.17, 15) is 23.5 Å². The van der Waals surface area contributed by atoms with E-state index in [0.29, 0.717) is 11.3 Å². The summed E-state index contributed by atoms with van der Waals surface area (Å²) in [6, 6.07) is 10.3. The minimum absolute atomic E-state index is 0.0138. The fourth-order valence-electron chi connectivity index (χ4n) is 3.49. The number of halogens is 2. The highest BCUT2D eigenvalue weighted by Crippen LogP contribution is 2.31. The maximum Gasteiger partial charge on any atom is 0.410 e. The number of rotatable bonds is 5. The number of aliphatic hydroxyl groups is 1. The zero-order valence-corrected chi connectivity index (χ0v) is 15.8. The highest BCUT2D eigenvalue weighted by atomic mass is 19.1. The summed E-state index contributed by atoms with van der Waals surface area (Å²) in [4.78, 5) is 29.1. The Morgan fingerprint density at radius 2 is 1.97 bits per heavy atom. The zero-order valence-electron chi connectivity index (χ0n) is 15.8. The maximum absolute atomic E-state index is 13.2. The molecule has 9 heteroatoms. The molecule has 0 aliphatic carbocycles. The van der Waals surface area contributed by atoms with E-state index in [0.717, 1.165) is 29.1 Å². The van der Waals surface area contributed by atoms with Gasteiger partial charge in [0, 0.05) is 48.4 Å². The normalized spacial score (nSPS) is 18.8. The second-order valence-electron chi connectivity index (χ2n) is 7.08. The molecule has 1 saturated heterocycles. The average Bonchev–Trinajstić information content (AvgIpc) is 3.25. The van der Waals surface area contributed by atoms with Crippen LogP contribution in [0.3, 0.4) is 0 Å². The molecule has 0 spiro atoms. The van der Waals surface area contributed by atoms with Gasteiger partial charge in [0.05, 0.1) is 0 Å². The van der Waals surface area contributed by atoms with Gasteiger partial charge in [-0.05, 0) is 48.4 Å². The molecule has 0 saturated carbocycles. The molecular weight excluding hydrogens is 396 g/mol. The zero-order chi connectivity index (χ0) is 21.3. The first-order valence-electron chi connectivity index (χ1n) is 9.37. The van der Waals surface area contributed by atoms with Crippen LogP contribution in [0.5, 0.6) is 0 Å². The lowest BCUT2D eigenvalue weighted by atomic mass is 10.1. The van der Waals surface area contributed by atoms with Gasteiger partial charge in [-0.1, -0.05) is 0 Å². The maximum atomic E-state index is 13.2. The number of ether oxygens (including phenoxy) is 1. The number of nitrogens with zero attached hydrogens (tertiary/aromatic N) is 1. The number of anilines is 1. The number of hydrogen-bond acceptors (Lipinski definition) is 4. The molecule has 1 fully saturated rings. The lowest BCUT2D eigenvalue weighted by molar-refractivity contribution is -0.175. The Hall–Kier alpha value is -3.46. The predicted molar refractivity (Wildman–Crippen MR) is 105 cm³/mol. The van der Waals surface area contributed by atoms with E-state index in [4.69, 9.17) is 4.74 Å². The third-order valence-corrected chi connectivity index (χ3v) is 4.97. The van der Waals surface area contributed by atoms with Gasteiger partial charge in [-0.25, -0.2) is 13.6 Å². The summed E-state index contributed by atoms with van der Waals surface area (Å²) >= 11 is 0. The molecule has 30 heavy (non-hydrogen) atoms. The van der Waals surface area contributed by atoms with Crippen molar-refractivity contribution in [3.05, 3.63) is 65.9 Å². The monoisotopic (exact) mass is 415 g/mol. The van der Waals surface area contributed by atoms with Gasteiger partial charge in [0.15, 0.2) is 0 Å². The van der Waals surface area contributed by atoms with Crippen molar-refractivity contribution < 1.29 is 28.2 Å². The van der Waals surface area contributed by atoms with Crippen LogP contribution in [-0.4, -0.2) is 41.0 Å². The second kappa shape index (κ2) is 7.75. The van der Waals surface area contributed by atoms with Crippen molar-refractivity contribution in [2.45, 2.75) is 18.6 Å². The third-order valence-electron chi connectivity index (χ3n) is 4.97. The van der Waals surface area contributed by atoms with Crippen molar-refractivity contribution in [3.63, 3.8) is 0 Å². The number of fused-ring (bicyclic) bond motifs is 1. The molecule has 1 aliphatic rings. The van der Waals surface area contributed by atoms with E-state index in [2.05, 4.69) is 10.3 Å². The molecule has 2 heterocycles. The molecule has 3 aromatic rings. The summed E-state index contributed by atoms with van der Waals surface area (Å²) in [6.45, 7) is 0.195. The van der Waals surface area contributed by atoms with Crippen molar-refractivity contribution in [3.8, 4) is 0 Å². The standard InChI is InChI=1S/C21H19F2N3O4/c22-15-9-13(10-16(23)12-15)3-6-25-20(28)30-21(29)5-8-26(19(21)27)17-1-2-18-14(11-17)4-7-24-18/h1-2,4,7,9-12,24,29H,3,5-6,8H2,(H,25,28)/t21-/m0/s1. The van der Waals surface area contributed by atoms with Crippen LogP contribution in [0.4, 0.5) is 19.3 Å². The van der Waals surface area contributed by atoms with Crippen LogP contribution in [0.1, 0.15) is 12.0 Å². The Kier molecular flexibility index (Phi) is 5.13. The van der Waals surface area contributed by atoms with Gasteiger partial charge in [0.2, 0.25) is 0 Å². The summed E-state index contributed by atoms with van der Waals surface area (Å²) in [5.74, 6) is -4.44. The Morgan fingerprint density at radius 3 is 2.73 bits per heavy atom. The van der Waals surface area contributed by atoms with Crippen LogP contribution in [0.2, 0.25) is 0 Å². The first-order chi connectivity index (χ1) is 14.3. The Bertz CT molecular complexity index is 1100. The quantitative estimate of drug-likeness (QED) is 0.559. The molecule has 0 radical (unpaired) electrons. The van der Waals surface area contributed by atoms with Crippen molar-refractivity contribution in [2.75, 3.05) is 18.0 Å². The van der Waals surface area contributed by atoms with E-state index in [1.54, 1.807) is 18.3 Å². The lowest BCUT2D eigenvalue weighted by Gasteiger charge is -2.22. The SMILES string of the molecule is O=C(NCCc1cc(F)cc(F)c1)O[C@@]1(O)CCN(c2ccc3[nH]ccc3c2)C1=O. The third kappa shape index (κ3) is 3.97. The van der Waals surface area contributed by atoms with E-state index in [1.807, 2.05) is 12.1 Å². The molecular formula is C21H19F2N3O4. The fourth-order valence-corrected chi connectivity index (χ4v) is 3.49. The largest absolute Gasteiger partial charge is 0.410 e. The summed E-state index contributed by atoms with van der Waals surface area (Å²) in [7, 11) is 0. The minimum Gasteiger partial charge on any atom is -0.407 e. The number of aromatic nitrogens is 1. The van der Waals surface area contributed by atoms with Crippen molar-refractivity contribution in [1.82, 2.24) is 10.3 Å². The molecule has 2 aromatic carbocycles. The number of carbonyl (C=O) groups excluding carboxylic acids is 2. The molecule has 1 aromatic heterocycles. The van der Waals surface area contributed by atoms with Crippen LogP contribution in [0, 0.1) is 11.6 Å². The summed E-state index contributed by atoms with van der Waals surface area (Å²) in [6.07, 6.45) is 0.853. The molecule has 1 atom stereocenters. The van der Waals surface area contributed by atoms with Crippen LogP contribution in [0.15, 0.2) is 48.7 Å². The summed E-state index contributed by atoms with van der Waals surface area (Å²) < 4.78 is 31.4. The molecule has 156 valence electrons. The Balaban J connectivity index is 1.35. The number of aromatic amines is 1. The van der Waals surface area contributed by atoms with E-state index >= 15 is 0 Å². The molecule has 7 nitrogen and oxygen atoms in total. The number of alkyl carbamates (subject to hydrolysis) is 1. The number of amides is 2. The van der Waals surface area contributed by atoms with Gasteiger partial charge in [0.1, 0.15) is 11.6 Å². The molecule has 1 aliphatic heterocycles. The van der Waals surface area contributed by atoms with E-state index in [-0.39, 0.29) is 25.9 Å². The molecule has 2 amide bonds. The lowest BCUT2D eigenvalue weighted by Crippen LogP contribution is -2.46. The van der Waals surface area contributed by atoms with Crippen molar-refractivity contribution in [2.24, 2.45) is 0 Å². The first-order valence-corrected chi connectivity index (χ1v) is 9.37. The van der Waals surface area contributed by atoms with E-state index in [1.165, 1.54) is 4.90 Å². The second-order valence-corrected chi connectivity index (χ2v) is 7.08. The molecule has 4 rings (SSSR count). The molecule has 0 unspecified atom stereocenters. The average molecular weight is 415 g/mol. The van der Waals surface area contributed by atoms with Crippen LogP contribution in [0.25, 0.3) is 10.9 Å². The van der Waals surface area contributed by atoms with Gasteiger partial charge >= 0.3 is 6.09 Å². The number of carbonyl (C=O) groups is 2. The predicted octanol–water partition coefficient (Wildman–Crippen LogP) is 2.84. The van der Waals surface area contributed by atoms with Crippen LogP contribution < -0.4 is 10.2 Å². The van der Waals surface area contributed by atoms with Gasteiger partial charge in [0.25, 0.3) is 11.7 Å². The van der Waals surface area contributed by atoms with Gasteiger partial charge in [-0.2, -0.15) is 0 Å². The van der Waals surface area contributed by atoms with Crippen molar-refractivity contribution in [1.29, 1.82) is 0 Å². The van der Waals surface area contributed by atoms with Crippen molar-refractivity contribution >= 4 is 28.6 Å². The number of hydrogen-bond donors (Lipinski definition) is 3. The van der Waals surface area contributed by atoms with Gasteiger partial charge < -0.3 is 25.0 Å². The first kappa shape index (κ1) is 19.8.